The van der Waals surface area contributed by atoms with Crippen LogP contribution in [0.15, 0.2) is 17.9 Å². The molecule has 1 aliphatic rings. The van der Waals surface area contributed by atoms with E-state index in [2.05, 4.69) is 15.0 Å². The standard InChI is InChI=1S/C12H14N4S/c13-4-8-1-2-10-9(3-8)5-15-12(16-10)11-6-14-7-17-11/h5-8H,1-4,13H2. The number of nitrogens with two attached hydrogens (primary N) is 1. The van der Waals surface area contributed by atoms with Gasteiger partial charge in [0.05, 0.1) is 10.4 Å². The lowest BCUT2D eigenvalue weighted by atomic mass is 9.87. The van der Waals surface area contributed by atoms with Crippen molar-refractivity contribution in [3.05, 3.63) is 29.2 Å². The fraction of sp³-hybridized carbons (Fsp3) is 0.417. The summed E-state index contributed by atoms with van der Waals surface area (Å²) in [6.45, 7) is 0.760. The van der Waals surface area contributed by atoms with Gasteiger partial charge in [0.15, 0.2) is 5.82 Å². The lowest BCUT2D eigenvalue weighted by Gasteiger charge is -2.22. The van der Waals surface area contributed by atoms with Crippen LogP contribution in [-0.4, -0.2) is 21.5 Å². The molecular formula is C12H14N4S. The predicted octanol–water partition coefficient (Wildman–Crippen LogP) is 1.66. The molecule has 1 atom stereocenters. The van der Waals surface area contributed by atoms with Crippen molar-refractivity contribution in [2.24, 2.45) is 11.7 Å². The van der Waals surface area contributed by atoms with E-state index in [0.29, 0.717) is 5.92 Å². The van der Waals surface area contributed by atoms with Crippen molar-refractivity contribution in [3.8, 4) is 10.7 Å². The van der Waals surface area contributed by atoms with Crippen LogP contribution in [0.5, 0.6) is 0 Å². The summed E-state index contributed by atoms with van der Waals surface area (Å²) in [5.41, 5.74) is 9.98. The molecule has 4 nitrogen and oxygen atoms in total. The van der Waals surface area contributed by atoms with E-state index in [1.54, 1.807) is 11.3 Å². The molecule has 0 radical (unpaired) electrons. The van der Waals surface area contributed by atoms with Gasteiger partial charge in [-0.2, -0.15) is 0 Å². The lowest BCUT2D eigenvalue weighted by Crippen LogP contribution is -2.23. The highest BCUT2D eigenvalue weighted by Gasteiger charge is 2.19. The third-order valence-corrected chi connectivity index (χ3v) is 4.01. The average molecular weight is 246 g/mol. The summed E-state index contributed by atoms with van der Waals surface area (Å²) in [7, 11) is 0. The van der Waals surface area contributed by atoms with Gasteiger partial charge in [-0.1, -0.05) is 0 Å². The van der Waals surface area contributed by atoms with E-state index in [9.17, 15) is 0 Å². The molecule has 88 valence electrons. The lowest BCUT2D eigenvalue weighted by molar-refractivity contribution is 0.462. The maximum absolute atomic E-state index is 5.72. The molecular weight excluding hydrogens is 232 g/mol. The summed E-state index contributed by atoms with van der Waals surface area (Å²) < 4.78 is 0. The molecule has 0 fully saturated rings. The van der Waals surface area contributed by atoms with Crippen LogP contribution in [0, 0.1) is 5.92 Å². The van der Waals surface area contributed by atoms with E-state index in [1.807, 2.05) is 17.9 Å². The molecule has 0 aromatic carbocycles. The van der Waals surface area contributed by atoms with Crippen LogP contribution < -0.4 is 5.73 Å². The second-order valence-electron chi connectivity index (χ2n) is 4.38. The van der Waals surface area contributed by atoms with Gasteiger partial charge in [0.2, 0.25) is 0 Å². The predicted molar refractivity (Wildman–Crippen MR) is 67.7 cm³/mol. The van der Waals surface area contributed by atoms with Crippen LogP contribution in [0.1, 0.15) is 17.7 Å². The third kappa shape index (κ3) is 2.08. The van der Waals surface area contributed by atoms with Gasteiger partial charge >= 0.3 is 0 Å². The van der Waals surface area contributed by atoms with E-state index >= 15 is 0 Å². The Labute approximate surface area is 104 Å². The minimum absolute atomic E-state index is 0.598. The zero-order chi connectivity index (χ0) is 11.7. The molecule has 5 heteroatoms. The molecule has 2 heterocycles. The summed E-state index contributed by atoms with van der Waals surface area (Å²) in [4.78, 5) is 14.2. The van der Waals surface area contributed by atoms with E-state index in [0.717, 1.165) is 36.5 Å². The Morgan fingerprint density at radius 3 is 3.12 bits per heavy atom. The number of hydrogen-bond acceptors (Lipinski definition) is 5. The molecule has 0 bridgehead atoms. The molecule has 0 amide bonds. The SMILES string of the molecule is NCC1CCc2nc(-c3cncs3)ncc2C1. The second kappa shape index (κ2) is 4.50. The van der Waals surface area contributed by atoms with Gasteiger partial charge in [0, 0.05) is 18.1 Å². The summed E-state index contributed by atoms with van der Waals surface area (Å²) in [6.07, 6.45) is 6.96. The van der Waals surface area contributed by atoms with Crippen LogP contribution in [0.3, 0.4) is 0 Å². The van der Waals surface area contributed by atoms with Crippen molar-refractivity contribution in [2.45, 2.75) is 19.3 Å². The van der Waals surface area contributed by atoms with Crippen molar-refractivity contribution in [3.63, 3.8) is 0 Å². The average Bonchev–Trinajstić information content (AvgIpc) is 2.91. The van der Waals surface area contributed by atoms with Gasteiger partial charge in [-0.15, -0.1) is 11.3 Å². The molecule has 1 aliphatic carbocycles. The normalized spacial score (nSPS) is 19.0. The first-order chi connectivity index (χ1) is 8.36. The Morgan fingerprint density at radius 2 is 2.35 bits per heavy atom. The molecule has 0 saturated heterocycles. The summed E-state index contributed by atoms with van der Waals surface area (Å²) in [5, 5.41) is 0. The Bertz CT molecular complexity index is 509. The van der Waals surface area contributed by atoms with E-state index in [4.69, 9.17) is 5.73 Å². The Balaban J connectivity index is 1.93. The molecule has 0 spiro atoms. The number of rotatable bonds is 2. The topological polar surface area (TPSA) is 64.7 Å². The Hall–Kier alpha value is -1.33. The van der Waals surface area contributed by atoms with E-state index < -0.39 is 0 Å². The maximum Gasteiger partial charge on any atom is 0.171 e. The second-order valence-corrected chi connectivity index (χ2v) is 5.26. The van der Waals surface area contributed by atoms with Crippen LogP contribution in [0.25, 0.3) is 10.7 Å². The Kier molecular flexibility index (Phi) is 2.86. The molecule has 3 rings (SSSR count). The van der Waals surface area contributed by atoms with Gasteiger partial charge in [0.25, 0.3) is 0 Å². The number of aromatic nitrogens is 3. The molecule has 2 aromatic rings. The summed E-state index contributed by atoms with van der Waals surface area (Å²) in [6, 6.07) is 0. The monoisotopic (exact) mass is 246 g/mol. The van der Waals surface area contributed by atoms with Gasteiger partial charge in [-0.25, -0.2) is 9.97 Å². The zero-order valence-corrected chi connectivity index (χ0v) is 10.3. The minimum atomic E-state index is 0.598. The third-order valence-electron chi connectivity index (χ3n) is 3.24. The van der Waals surface area contributed by atoms with Gasteiger partial charge in [-0.05, 0) is 37.3 Å². The fourth-order valence-corrected chi connectivity index (χ4v) is 2.79. The molecule has 17 heavy (non-hydrogen) atoms. The summed E-state index contributed by atoms with van der Waals surface area (Å²) >= 11 is 1.58. The van der Waals surface area contributed by atoms with Crippen molar-refractivity contribution in [1.82, 2.24) is 15.0 Å². The largest absolute Gasteiger partial charge is 0.330 e. The minimum Gasteiger partial charge on any atom is -0.330 e. The highest BCUT2D eigenvalue weighted by Crippen LogP contribution is 2.26. The molecule has 2 N–H and O–H groups in total. The van der Waals surface area contributed by atoms with Gasteiger partial charge in [0.1, 0.15) is 0 Å². The first-order valence-electron chi connectivity index (χ1n) is 5.80. The van der Waals surface area contributed by atoms with Gasteiger partial charge in [-0.3, -0.25) is 4.98 Å². The van der Waals surface area contributed by atoms with Crippen LogP contribution in [0.2, 0.25) is 0 Å². The van der Waals surface area contributed by atoms with E-state index in [-0.39, 0.29) is 0 Å². The summed E-state index contributed by atoms with van der Waals surface area (Å²) in [5.74, 6) is 1.40. The number of hydrogen-bond donors (Lipinski definition) is 1. The number of nitrogens with zero attached hydrogens (tertiary/aromatic N) is 3. The maximum atomic E-state index is 5.72. The molecule has 0 aliphatic heterocycles. The highest BCUT2D eigenvalue weighted by molar-refractivity contribution is 7.13. The van der Waals surface area contributed by atoms with E-state index in [1.165, 1.54) is 11.3 Å². The van der Waals surface area contributed by atoms with Crippen molar-refractivity contribution < 1.29 is 0 Å². The first kappa shape index (κ1) is 10.8. The van der Waals surface area contributed by atoms with Crippen molar-refractivity contribution in [2.75, 3.05) is 6.54 Å². The molecule has 2 aromatic heterocycles. The number of fused-ring (bicyclic) bond motifs is 1. The number of aryl methyl sites for hydroxylation is 1. The Morgan fingerprint density at radius 1 is 1.41 bits per heavy atom. The smallest absolute Gasteiger partial charge is 0.171 e. The van der Waals surface area contributed by atoms with Crippen molar-refractivity contribution >= 4 is 11.3 Å². The van der Waals surface area contributed by atoms with Crippen LogP contribution in [-0.2, 0) is 12.8 Å². The van der Waals surface area contributed by atoms with Crippen LogP contribution >= 0.6 is 11.3 Å². The van der Waals surface area contributed by atoms with Crippen LogP contribution in [0.4, 0.5) is 0 Å². The fourth-order valence-electron chi connectivity index (χ4n) is 2.23. The molecule has 0 saturated carbocycles. The molecule has 1 unspecified atom stereocenters. The number of thiazole rings is 1. The quantitative estimate of drug-likeness (QED) is 0.875. The first-order valence-corrected chi connectivity index (χ1v) is 6.68. The van der Waals surface area contributed by atoms with Crippen molar-refractivity contribution in [1.29, 1.82) is 0 Å². The van der Waals surface area contributed by atoms with Gasteiger partial charge < -0.3 is 5.73 Å². The highest BCUT2D eigenvalue weighted by atomic mass is 32.1. The zero-order valence-electron chi connectivity index (χ0n) is 9.47.